The Balaban J connectivity index is 1.36. The fourth-order valence-electron chi connectivity index (χ4n) is 4.27. The van der Waals surface area contributed by atoms with Gasteiger partial charge in [-0.15, -0.1) is 0 Å². The van der Waals surface area contributed by atoms with Gasteiger partial charge in [0.15, 0.2) is 0 Å². The second-order valence-electron chi connectivity index (χ2n) is 8.56. The average Bonchev–Trinajstić information content (AvgIpc) is 2.88. The van der Waals surface area contributed by atoms with Gasteiger partial charge in [-0.25, -0.2) is 4.79 Å². The number of urea groups is 1. The summed E-state index contributed by atoms with van der Waals surface area (Å²) < 4.78 is 0. The highest BCUT2D eigenvalue weighted by atomic mass is 16.2. The van der Waals surface area contributed by atoms with E-state index < -0.39 is 0 Å². The zero-order valence-electron chi connectivity index (χ0n) is 19.1. The minimum Gasteiger partial charge on any atom is -0.348 e. The number of hydrogen-bond acceptors (Lipinski definition) is 2. The maximum atomic E-state index is 12.8. The van der Waals surface area contributed by atoms with Crippen molar-refractivity contribution in [2.75, 3.05) is 18.4 Å². The average molecular weight is 442 g/mol. The molecule has 3 aromatic rings. The standard InChI is InChI=1S/C28H31N3O2/c1-2-21-13-15-22(16-14-21)19-29-27(32)24-9-6-8-23(18-24)25-10-7-17-31(20-25)28(33)30-26-11-4-3-5-12-26/h3-6,8-9,11-16,18,25H,2,7,10,17,19-20H2,1H3,(H,29,32)(H,30,33). The van der Waals surface area contributed by atoms with Crippen LogP contribution < -0.4 is 10.6 Å². The van der Waals surface area contributed by atoms with E-state index in [1.54, 1.807) is 0 Å². The van der Waals surface area contributed by atoms with Crippen molar-refractivity contribution in [3.8, 4) is 0 Å². The van der Waals surface area contributed by atoms with Gasteiger partial charge < -0.3 is 15.5 Å². The first-order valence-electron chi connectivity index (χ1n) is 11.7. The zero-order valence-corrected chi connectivity index (χ0v) is 19.1. The SMILES string of the molecule is CCc1ccc(CNC(=O)c2cccc(C3CCCN(C(=O)Nc4ccccc4)C3)c2)cc1. The highest BCUT2D eigenvalue weighted by Gasteiger charge is 2.25. The summed E-state index contributed by atoms with van der Waals surface area (Å²) in [7, 11) is 0. The summed E-state index contributed by atoms with van der Waals surface area (Å²) in [5.74, 6) is 0.139. The molecule has 0 aliphatic carbocycles. The molecule has 0 saturated carbocycles. The molecule has 33 heavy (non-hydrogen) atoms. The summed E-state index contributed by atoms with van der Waals surface area (Å²) in [6.45, 7) is 4.02. The molecule has 2 N–H and O–H groups in total. The Morgan fingerprint density at radius 1 is 0.939 bits per heavy atom. The molecule has 3 aromatic carbocycles. The van der Waals surface area contributed by atoms with E-state index in [2.05, 4.69) is 47.9 Å². The Hall–Kier alpha value is -3.60. The van der Waals surface area contributed by atoms with E-state index >= 15 is 0 Å². The van der Waals surface area contributed by atoms with Crippen LogP contribution in [-0.4, -0.2) is 29.9 Å². The Labute approximate surface area is 195 Å². The van der Waals surface area contributed by atoms with Crippen LogP contribution in [0.1, 0.15) is 52.7 Å². The maximum Gasteiger partial charge on any atom is 0.321 e. The first-order chi connectivity index (χ1) is 16.1. The molecule has 1 saturated heterocycles. The number of nitrogens with zero attached hydrogens (tertiary/aromatic N) is 1. The lowest BCUT2D eigenvalue weighted by Crippen LogP contribution is -2.41. The van der Waals surface area contributed by atoms with E-state index in [4.69, 9.17) is 0 Å². The van der Waals surface area contributed by atoms with Crippen LogP contribution in [0.25, 0.3) is 0 Å². The monoisotopic (exact) mass is 441 g/mol. The number of aryl methyl sites for hydroxylation is 1. The number of piperidine rings is 1. The molecule has 1 unspecified atom stereocenters. The lowest BCUT2D eigenvalue weighted by molar-refractivity contribution is 0.0950. The van der Waals surface area contributed by atoms with Crippen LogP contribution in [0, 0.1) is 0 Å². The first kappa shape index (κ1) is 22.6. The van der Waals surface area contributed by atoms with Crippen LogP contribution in [-0.2, 0) is 13.0 Å². The molecular weight excluding hydrogens is 410 g/mol. The van der Waals surface area contributed by atoms with Crippen LogP contribution in [0.4, 0.5) is 10.5 Å². The molecule has 1 aliphatic rings. The first-order valence-corrected chi connectivity index (χ1v) is 11.7. The number of carbonyl (C=O) groups is 2. The Morgan fingerprint density at radius 3 is 2.45 bits per heavy atom. The summed E-state index contributed by atoms with van der Waals surface area (Å²) in [5, 5.41) is 6.00. The van der Waals surface area contributed by atoms with Crippen molar-refractivity contribution in [1.82, 2.24) is 10.2 Å². The van der Waals surface area contributed by atoms with Crippen molar-refractivity contribution in [2.24, 2.45) is 0 Å². The molecule has 5 heteroatoms. The summed E-state index contributed by atoms with van der Waals surface area (Å²) in [6, 6.07) is 25.6. The number of hydrogen-bond donors (Lipinski definition) is 2. The van der Waals surface area contributed by atoms with E-state index in [0.717, 1.165) is 42.6 Å². The number of carbonyl (C=O) groups excluding carboxylic acids is 2. The predicted molar refractivity (Wildman–Crippen MR) is 132 cm³/mol. The highest BCUT2D eigenvalue weighted by molar-refractivity contribution is 5.94. The van der Waals surface area contributed by atoms with Gasteiger partial charge in [0.05, 0.1) is 0 Å². The van der Waals surface area contributed by atoms with Crippen LogP contribution in [0.5, 0.6) is 0 Å². The third kappa shape index (κ3) is 6.01. The molecular formula is C28H31N3O2. The van der Waals surface area contributed by atoms with Gasteiger partial charge in [0, 0.05) is 36.8 Å². The van der Waals surface area contributed by atoms with Gasteiger partial charge in [0.1, 0.15) is 0 Å². The molecule has 0 aromatic heterocycles. The number of anilines is 1. The van der Waals surface area contributed by atoms with Crippen molar-refractivity contribution in [3.63, 3.8) is 0 Å². The topological polar surface area (TPSA) is 61.4 Å². The van der Waals surface area contributed by atoms with Gasteiger partial charge in [-0.05, 0) is 60.2 Å². The summed E-state index contributed by atoms with van der Waals surface area (Å²) in [4.78, 5) is 27.4. The third-order valence-electron chi connectivity index (χ3n) is 6.24. The van der Waals surface area contributed by atoms with Crippen LogP contribution in [0.3, 0.4) is 0 Å². The van der Waals surface area contributed by atoms with E-state index in [1.165, 1.54) is 5.56 Å². The lowest BCUT2D eigenvalue weighted by atomic mass is 9.89. The van der Waals surface area contributed by atoms with Crippen LogP contribution in [0.2, 0.25) is 0 Å². The lowest BCUT2D eigenvalue weighted by Gasteiger charge is -2.33. The second kappa shape index (κ2) is 10.8. The van der Waals surface area contributed by atoms with Crippen molar-refractivity contribution in [3.05, 3.63) is 101 Å². The van der Waals surface area contributed by atoms with Crippen molar-refractivity contribution < 1.29 is 9.59 Å². The highest BCUT2D eigenvalue weighted by Crippen LogP contribution is 2.28. The van der Waals surface area contributed by atoms with E-state index in [0.29, 0.717) is 18.7 Å². The second-order valence-corrected chi connectivity index (χ2v) is 8.56. The molecule has 0 bridgehead atoms. The van der Waals surface area contributed by atoms with Crippen molar-refractivity contribution in [2.45, 2.75) is 38.6 Å². The summed E-state index contributed by atoms with van der Waals surface area (Å²) in [5.41, 5.74) is 4.93. The van der Waals surface area contributed by atoms with E-state index in [1.807, 2.05) is 53.4 Å². The van der Waals surface area contributed by atoms with Crippen molar-refractivity contribution in [1.29, 1.82) is 0 Å². The molecule has 3 amide bonds. The number of likely N-dealkylation sites (tertiary alicyclic amines) is 1. The normalized spacial score (nSPS) is 15.7. The molecule has 1 aliphatic heterocycles. The van der Waals surface area contributed by atoms with E-state index in [9.17, 15) is 9.59 Å². The number of amides is 3. The Kier molecular flexibility index (Phi) is 7.40. The quantitative estimate of drug-likeness (QED) is 0.524. The van der Waals surface area contributed by atoms with Gasteiger partial charge in [-0.3, -0.25) is 4.79 Å². The zero-order chi connectivity index (χ0) is 23.0. The van der Waals surface area contributed by atoms with Crippen LogP contribution in [0.15, 0.2) is 78.9 Å². The molecule has 170 valence electrons. The molecule has 1 heterocycles. The molecule has 1 atom stereocenters. The molecule has 0 spiro atoms. The minimum absolute atomic E-state index is 0.0751. The number of nitrogens with one attached hydrogen (secondary N) is 2. The summed E-state index contributed by atoms with van der Waals surface area (Å²) in [6.07, 6.45) is 2.95. The molecule has 4 rings (SSSR count). The largest absolute Gasteiger partial charge is 0.348 e. The number of benzene rings is 3. The van der Waals surface area contributed by atoms with Crippen molar-refractivity contribution >= 4 is 17.6 Å². The molecule has 0 radical (unpaired) electrons. The fourth-order valence-corrected chi connectivity index (χ4v) is 4.27. The maximum absolute atomic E-state index is 12.8. The minimum atomic E-state index is -0.0779. The Morgan fingerprint density at radius 2 is 1.70 bits per heavy atom. The van der Waals surface area contributed by atoms with Gasteiger partial charge in [0.25, 0.3) is 5.91 Å². The number of rotatable bonds is 6. The fraction of sp³-hybridized carbons (Fsp3) is 0.286. The van der Waals surface area contributed by atoms with E-state index in [-0.39, 0.29) is 17.9 Å². The molecule has 5 nitrogen and oxygen atoms in total. The Bertz CT molecular complexity index is 1080. The van der Waals surface area contributed by atoms with Crippen LogP contribution >= 0.6 is 0 Å². The van der Waals surface area contributed by atoms with Gasteiger partial charge in [-0.2, -0.15) is 0 Å². The van der Waals surface area contributed by atoms with Gasteiger partial charge in [0.2, 0.25) is 0 Å². The predicted octanol–water partition coefficient (Wildman–Crippen LogP) is 5.59. The molecule has 1 fully saturated rings. The smallest absolute Gasteiger partial charge is 0.321 e. The number of para-hydroxylation sites is 1. The summed E-state index contributed by atoms with van der Waals surface area (Å²) >= 11 is 0. The third-order valence-corrected chi connectivity index (χ3v) is 6.24. The van der Waals surface area contributed by atoms with Gasteiger partial charge in [-0.1, -0.05) is 61.5 Å². The van der Waals surface area contributed by atoms with Gasteiger partial charge >= 0.3 is 6.03 Å².